The van der Waals surface area contributed by atoms with E-state index in [1.165, 1.54) is 232 Å². The Kier molecular flexibility index (Phi) is 2.33. The first kappa shape index (κ1) is 27.9. The molecule has 0 amide bonds. The number of hydrogen-bond donors (Lipinski definition) is 0. The quantitative estimate of drug-likeness (QED) is 0.122. The molecule has 0 fully saturated rings. The maximum Gasteiger partial charge on any atom is 0.348 e. The highest BCUT2D eigenvalue weighted by Gasteiger charge is 2.79. The van der Waals surface area contributed by atoms with E-state index in [1.54, 1.807) is 93.2 Å². The van der Waals surface area contributed by atoms with Crippen LogP contribution >= 0.6 is 0 Å². The fraction of sp³-hybridized carbons (Fsp3) is 0.0435. The van der Waals surface area contributed by atoms with E-state index in [4.69, 9.17) is 0 Å². The molecule has 28 aromatic carbocycles. The number of benzene rings is 19. The summed E-state index contributed by atoms with van der Waals surface area (Å²) < 4.78 is 8.45. The highest BCUT2D eigenvalue weighted by molar-refractivity contribution is 6.81. The second-order valence-corrected chi connectivity index (χ2v) is 26.5. The largest absolute Gasteiger partial charge is 0.348 e. The van der Waals surface area contributed by atoms with Crippen molar-refractivity contribution >= 4 is 291 Å². The highest BCUT2D eigenvalue weighted by atomic mass is 16.2. The topological polar surface area (TPSA) is 53.9 Å². The molecule has 34 rings (SSSR count). The van der Waals surface area contributed by atoms with E-state index in [-0.39, 0.29) is 11.4 Å². The van der Waals surface area contributed by atoms with Crippen LogP contribution in [0.5, 0.6) is 0 Å². The predicted octanol–water partition coefficient (Wildman–Crippen LogP) is 15.6. The van der Waals surface area contributed by atoms with Gasteiger partial charge in [-0.05, 0) is 184 Å². The van der Waals surface area contributed by atoms with Gasteiger partial charge in [-0.15, -0.1) is 0 Å². The van der Waals surface area contributed by atoms with E-state index in [0.29, 0.717) is 0 Å². The molecule has 1 aliphatic heterocycles. The molecule has 0 saturated carbocycles. The molecule has 30 aromatic rings. The minimum atomic E-state index is -1.04. The summed E-state index contributed by atoms with van der Waals surface area (Å²) in [5, 5.41) is 77.8. The Morgan fingerprint density at radius 3 is 0.707 bits per heavy atom. The smallest absolute Gasteiger partial charge is 0.308 e. The molecule has 6 heteroatoms. The molecule has 0 N–H and O–H groups in total. The predicted molar refractivity (Wildman–Crippen MR) is 307 cm³/mol. The van der Waals surface area contributed by atoms with Gasteiger partial charge in [0.25, 0.3) is 0 Å². The van der Waals surface area contributed by atoms with E-state index >= 15 is 9.59 Å². The van der Waals surface area contributed by atoms with E-state index < -0.39 is 11.1 Å². The summed E-state index contributed by atoms with van der Waals surface area (Å²) in [6, 6.07) is 11.4. The average Bonchev–Trinajstić information content (AvgIpc) is 2.36. The van der Waals surface area contributed by atoms with Gasteiger partial charge in [0, 0.05) is 143 Å². The zero-order valence-electron chi connectivity index (χ0n) is 38.0. The van der Waals surface area contributed by atoms with Gasteiger partial charge in [-0.3, -0.25) is 0 Å². The van der Waals surface area contributed by atoms with Crippen molar-refractivity contribution in [3.05, 3.63) is 73.6 Å². The maximum atomic E-state index is 16.1. The Bertz CT molecular complexity index is 7870. The molecule has 2 atom stereocenters. The maximum absolute atomic E-state index is 16.1. The lowest BCUT2D eigenvalue weighted by Crippen LogP contribution is -2.74. The molecule has 0 radical (unpaired) electrons. The van der Waals surface area contributed by atoms with Crippen molar-refractivity contribution in [3.8, 4) is 5.69 Å². The highest BCUT2D eigenvalue weighted by Crippen LogP contribution is 2.85. The summed E-state index contributed by atoms with van der Waals surface area (Å²) in [4.78, 5) is 32.3. The van der Waals surface area contributed by atoms with Gasteiger partial charge in [0.15, 0.2) is 11.1 Å². The summed E-state index contributed by atoms with van der Waals surface area (Å²) >= 11 is 0. The molecule has 3 heterocycles. The summed E-state index contributed by atoms with van der Waals surface area (Å²) in [6.07, 6.45) is 0. The van der Waals surface area contributed by atoms with Crippen LogP contribution in [-0.2, 0) is 18.1 Å². The van der Waals surface area contributed by atoms with E-state index in [0.717, 1.165) is 5.69 Å². The van der Waals surface area contributed by atoms with Gasteiger partial charge in [-0.1, -0.05) is 18.2 Å². The van der Waals surface area contributed by atoms with Crippen molar-refractivity contribution in [1.82, 2.24) is 18.5 Å². The van der Waals surface area contributed by atoms with E-state index in [2.05, 4.69) is 44.3 Å². The van der Waals surface area contributed by atoms with Crippen molar-refractivity contribution in [1.29, 1.82) is 0 Å². The Morgan fingerprint density at radius 2 is 0.453 bits per heavy atom. The van der Waals surface area contributed by atoms with Gasteiger partial charge in [0.05, 0.1) is 11.0 Å². The number of hydrogen-bond acceptors (Lipinski definition) is 2. The Balaban J connectivity index is 1.19. The standard InChI is InChI=1S/C69H8N4O2/c1-70-66(74)72-68-60-52-45-40-27-22-12-10-8-9-11-13(12)23-26(22)42(45)46-41-28(23)25-17(11)19-15(9)21-20-14(8)18-16(10)24(27)33-35-29(18)37-31(20)39-32(21)38-30(19)36-34(25)44(41)55-57-48(36)50(38)59-51(39)58-49(37)47(35)56(54(60)43(33)40)62(68)64(58)71(7-5-3-2-4-6-7)65(59)63(57)69(68,61(55)53(46)52)73(72)67(70)75/h2-6H,1H3. The van der Waals surface area contributed by atoms with Crippen LogP contribution in [0.4, 0.5) is 0 Å². The van der Waals surface area contributed by atoms with Gasteiger partial charge in [-0.2, -0.15) is 0 Å². The SMILES string of the molecule is Cn1c(=O)n2n(c1=O)C13c4c5c6c7c8c9c(c%10c%11c%12c9c9c%13c8c8c6c6c5c5c%14c4c4c1c(c1c%15c4c4c%14c%14c5c5c6c6c8c%13c8c%13c9c%12c9c%12c%13c%13c8c6c5c5c%14c6c4c%15c(c%12c6c5%13)c9c%111)n%10-c1ccccc1)C723. The lowest BCUT2D eigenvalue weighted by atomic mass is 9.58. The second-order valence-electron chi connectivity index (χ2n) is 26.5. The molecular formula is C69H8N4O2. The van der Waals surface area contributed by atoms with Crippen LogP contribution in [-0.4, -0.2) is 18.5 Å². The fourth-order valence-corrected chi connectivity index (χ4v) is 25.8. The molecule has 316 valence electrons. The van der Waals surface area contributed by atoms with Crippen molar-refractivity contribution in [2.45, 2.75) is 11.1 Å². The second kappa shape index (κ2) is 6.28. The lowest BCUT2D eigenvalue weighted by molar-refractivity contribution is 0.0452. The van der Waals surface area contributed by atoms with Crippen molar-refractivity contribution in [3.63, 3.8) is 0 Å². The van der Waals surface area contributed by atoms with E-state index in [9.17, 15) is 0 Å². The molecule has 75 heavy (non-hydrogen) atoms. The number of aromatic nitrogens is 4. The molecule has 2 unspecified atom stereocenters. The van der Waals surface area contributed by atoms with Crippen molar-refractivity contribution < 1.29 is 0 Å². The Labute approximate surface area is 404 Å². The van der Waals surface area contributed by atoms with Crippen LogP contribution in [0.2, 0.25) is 0 Å². The first-order valence-electron chi connectivity index (χ1n) is 27.2. The summed E-state index contributed by atoms with van der Waals surface area (Å²) in [5.74, 6) is 0. The van der Waals surface area contributed by atoms with Crippen LogP contribution < -0.4 is 11.4 Å². The molecule has 0 bridgehead atoms. The zero-order valence-corrected chi connectivity index (χ0v) is 38.0. The van der Waals surface area contributed by atoms with Crippen LogP contribution in [0.1, 0.15) is 22.3 Å². The van der Waals surface area contributed by atoms with Crippen LogP contribution in [0.3, 0.4) is 0 Å². The van der Waals surface area contributed by atoms with Crippen molar-refractivity contribution in [2.75, 3.05) is 0 Å². The average molecular weight is 925 g/mol. The number of para-hydroxylation sites is 1. The van der Waals surface area contributed by atoms with Gasteiger partial charge in [-0.25, -0.2) is 23.5 Å². The molecule has 2 spiro atoms. The molecule has 0 saturated heterocycles. The molecule has 3 aliphatic carbocycles. The molecule has 4 aliphatic rings. The molecular weight excluding hydrogens is 917 g/mol. The van der Waals surface area contributed by atoms with Crippen molar-refractivity contribution in [2.24, 2.45) is 7.05 Å². The molecule has 2 aromatic heterocycles. The monoisotopic (exact) mass is 924 g/mol. The Hall–Kier alpha value is -9.78. The first-order chi connectivity index (χ1) is 37.2. The van der Waals surface area contributed by atoms with Crippen LogP contribution in [0, 0.1) is 0 Å². The molecule has 6 nitrogen and oxygen atoms in total. The van der Waals surface area contributed by atoms with Gasteiger partial charge in [0.2, 0.25) is 0 Å². The number of nitrogens with zero attached hydrogens (tertiary/aromatic N) is 4. The number of pyridine rings is 1. The summed E-state index contributed by atoms with van der Waals surface area (Å²) in [7, 11) is 1.77. The number of rotatable bonds is 1. The van der Waals surface area contributed by atoms with Gasteiger partial charge < -0.3 is 4.57 Å². The first-order valence-corrected chi connectivity index (χ1v) is 27.2. The lowest BCUT2D eigenvalue weighted by Gasteiger charge is -2.59. The van der Waals surface area contributed by atoms with Crippen LogP contribution in [0.25, 0.3) is 297 Å². The third kappa shape index (κ3) is 1.47. The third-order valence-electron chi connectivity index (χ3n) is 26.2. The minimum Gasteiger partial charge on any atom is -0.308 e. The van der Waals surface area contributed by atoms with Gasteiger partial charge in [0.1, 0.15) is 0 Å². The third-order valence-corrected chi connectivity index (χ3v) is 26.2. The Morgan fingerprint density at radius 1 is 0.253 bits per heavy atom. The van der Waals surface area contributed by atoms with Gasteiger partial charge >= 0.3 is 11.4 Å². The van der Waals surface area contributed by atoms with Crippen LogP contribution in [0.15, 0.2) is 39.9 Å². The number of fused-ring (bicyclic) bond motifs is 3. The summed E-state index contributed by atoms with van der Waals surface area (Å²) in [6.45, 7) is 0. The zero-order chi connectivity index (χ0) is 45.1. The normalized spacial score (nSPS) is 21.3. The van der Waals surface area contributed by atoms with E-state index in [1.807, 2.05) is 0 Å². The summed E-state index contributed by atoms with van der Waals surface area (Å²) in [5.41, 5.74) is 6.46. The minimum absolute atomic E-state index is 0.200. The fourth-order valence-electron chi connectivity index (χ4n) is 25.8.